The molecule has 2 rings (SSSR count). The molecule has 1 aliphatic rings. The maximum atomic E-state index is 11.8. The Morgan fingerprint density at radius 2 is 2.06 bits per heavy atom. The van der Waals surface area contributed by atoms with Crippen molar-refractivity contribution in [2.75, 3.05) is 11.9 Å². The molecule has 0 radical (unpaired) electrons. The molecule has 1 aromatic carbocycles. The van der Waals surface area contributed by atoms with E-state index in [2.05, 4.69) is 21.2 Å². The summed E-state index contributed by atoms with van der Waals surface area (Å²) < 4.78 is 5.50. The van der Waals surface area contributed by atoms with Crippen LogP contribution < -0.4 is 10.1 Å². The van der Waals surface area contributed by atoms with Crippen LogP contribution in [0.3, 0.4) is 0 Å². The van der Waals surface area contributed by atoms with E-state index in [4.69, 9.17) is 4.74 Å². The van der Waals surface area contributed by atoms with E-state index in [-0.39, 0.29) is 11.4 Å². The Morgan fingerprint density at radius 1 is 1.33 bits per heavy atom. The molecular formula is C14H18BrNO2. The first-order valence-corrected chi connectivity index (χ1v) is 7.41. The van der Waals surface area contributed by atoms with Crippen molar-refractivity contribution in [1.82, 2.24) is 5.32 Å². The average molecular weight is 312 g/mol. The molecule has 98 valence electrons. The molecule has 0 unspecified atom stereocenters. The summed E-state index contributed by atoms with van der Waals surface area (Å²) in [7, 11) is 0. The minimum Gasteiger partial charge on any atom is -0.493 e. The molecule has 1 aliphatic carbocycles. The van der Waals surface area contributed by atoms with Gasteiger partial charge in [0.05, 0.1) is 13.0 Å². The lowest BCUT2D eigenvalue weighted by Gasteiger charge is -2.41. The highest BCUT2D eigenvalue weighted by Gasteiger charge is 2.36. The highest BCUT2D eigenvalue weighted by molar-refractivity contribution is 9.09. The predicted octanol–water partition coefficient (Wildman–Crippen LogP) is 2.89. The molecule has 1 fully saturated rings. The number of amides is 1. The molecule has 3 nitrogen and oxygen atoms in total. The molecule has 0 spiro atoms. The summed E-state index contributed by atoms with van der Waals surface area (Å²) in [5.41, 5.74) is 0.00380. The second-order valence-electron chi connectivity index (χ2n) is 4.73. The third-order valence-corrected chi connectivity index (χ3v) is 4.39. The van der Waals surface area contributed by atoms with Crippen molar-refractivity contribution < 1.29 is 9.53 Å². The highest BCUT2D eigenvalue weighted by atomic mass is 79.9. The van der Waals surface area contributed by atoms with E-state index in [1.807, 2.05) is 30.3 Å². The van der Waals surface area contributed by atoms with Crippen LogP contribution in [-0.4, -0.2) is 23.4 Å². The van der Waals surface area contributed by atoms with Gasteiger partial charge in [0, 0.05) is 10.9 Å². The first-order valence-electron chi connectivity index (χ1n) is 6.29. The molecule has 0 saturated heterocycles. The fourth-order valence-electron chi connectivity index (χ4n) is 2.03. The number of rotatable bonds is 6. The lowest BCUT2D eigenvalue weighted by atomic mass is 9.78. The van der Waals surface area contributed by atoms with Crippen LogP contribution in [-0.2, 0) is 4.79 Å². The molecule has 0 aliphatic heterocycles. The fourth-order valence-corrected chi connectivity index (χ4v) is 2.73. The zero-order valence-electron chi connectivity index (χ0n) is 10.3. The fraction of sp³-hybridized carbons (Fsp3) is 0.500. The Kier molecular flexibility index (Phi) is 4.64. The molecular weight excluding hydrogens is 294 g/mol. The van der Waals surface area contributed by atoms with E-state index in [1.165, 1.54) is 6.42 Å². The van der Waals surface area contributed by atoms with E-state index >= 15 is 0 Å². The smallest absolute Gasteiger partial charge is 0.223 e. The highest BCUT2D eigenvalue weighted by Crippen LogP contribution is 2.33. The number of carbonyl (C=O) groups excluding carboxylic acids is 1. The minimum atomic E-state index is 0.00380. The first-order chi connectivity index (χ1) is 8.74. The van der Waals surface area contributed by atoms with E-state index in [9.17, 15) is 4.79 Å². The Morgan fingerprint density at radius 3 is 2.61 bits per heavy atom. The number of para-hydroxylation sites is 1. The second kappa shape index (κ2) is 6.23. The number of hydrogen-bond acceptors (Lipinski definition) is 2. The van der Waals surface area contributed by atoms with E-state index in [1.54, 1.807) is 0 Å². The van der Waals surface area contributed by atoms with Gasteiger partial charge >= 0.3 is 0 Å². The molecule has 18 heavy (non-hydrogen) atoms. The van der Waals surface area contributed by atoms with E-state index in [0.717, 1.165) is 23.9 Å². The average Bonchev–Trinajstić information content (AvgIpc) is 2.35. The van der Waals surface area contributed by atoms with Crippen LogP contribution in [0, 0.1) is 0 Å². The van der Waals surface area contributed by atoms with Crippen LogP contribution in [0.4, 0.5) is 0 Å². The second-order valence-corrected chi connectivity index (χ2v) is 5.29. The van der Waals surface area contributed by atoms with Crippen molar-refractivity contribution in [3.05, 3.63) is 30.3 Å². The van der Waals surface area contributed by atoms with Crippen molar-refractivity contribution in [2.45, 2.75) is 31.2 Å². The number of alkyl halides is 1. The van der Waals surface area contributed by atoms with Gasteiger partial charge in [-0.3, -0.25) is 4.79 Å². The van der Waals surface area contributed by atoms with Gasteiger partial charge in [0.15, 0.2) is 0 Å². The quantitative estimate of drug-likeness (QED) is 0.820. The molecule has 0 atom stereocenters. The lowest BCUT2D eigenvalue weighted by Crippen LogP contribution is -2.55. The van der Waals surface area contributed by atoms with E-state index < -0.39 is 0 Å². The molecule has 1 N–H and O–H groups in total. The van der Waals surface area contributed by atoms with Crippen molar-refractivity contribution in [3.63, 3.8) is 0 Å². The summed E-state index contributed by atoms with van der Waals surface area (Å²) in [5, 5.41) is 3.94. The van der Waals surface area contributed by atoms with Gasteiger partial charge in [-0.25, -0.2) is 0 Å². The van der Waals surface area contributed by atoms with Crippen molar-refractivity contribution in [3.8, 4) is 5.75 Å². The van der Waals surface area contributed by atoms with Crippen molar-refractivity contribution >= 4 is 21.8 Å². The van der Waals surface area contributed by atoms with Gasteiger partial charge in [0.1, 0.15) is 5.75 Å². The van der Waals surface area contributed by atoms with Crippen LogP contribution in [0.25, 0.3) is 0 Å². The van der Waals surface area contributed by atoms with Gasteiger partial charge in [-0.05, 0) is 31.4 Å². The predicted molar refractivity (Wildman–Crippen MR) is 75.1 cm³/mol. The molecule has 1 aromatic rings. The van der Waals surface area contributed by atoms with Crippen molar-refractivity contribution in [1.29, 1.82) is 0 Å². The molecule has 0 bridgehead atoms. The summed E-state index contributed by atoms with van der Waals surface area (Å²) in [6, 6.07) is 9.57. The van der Waals surface area contributed by atoms with Crippen LogP contribution in [0.15, 0.2) is 30.3 Å². The number of halogens is 1. The first kappa shape index (κ1) is 13.4. The standard InChI is InChI=1S/C14H18BrNO2/c15-11-14(8-4-9-14)16-13(17)7-10-18-12-5-2-1-3-6-12/h1-3,5-6H,4,7-11H2,(H,16,17). The van der Waals surface area contributed by atoms with Gasteiger partial charge in [-0.15, -0.1) is 0 Å². The zero-order chi connectivity index (χ0) is 12.8. The van der Waals surface area contributed by atoms with Crippen molar-refractivity contribution in [2.24, 2.45) is 0 Å². The Labute approximate surface area is 116 Å². The number of nitrogens with one attached hydrogen (secondary N) is 1. The molecule has 0 heterocycles. The zero-order valence-corrected chi connectivity index (χ0v) is 11.9. The topological polar surface area (TPSA) is 38.3 Å². The van der Waals surface area contributed by atoms with E-state index in [0.29, 0.717) is 13.0 Å². The van der Waals surface area contributed by atoms with Gasteiger partial charge in [0.2, 0.25) is 5.91 Å². The number of hydrogen-bond donors (Lipinski definition) is 1. The molecule has 1 amide bonds. The third kappa shape index (κ3) is 3.48. The lowest BCUT2D eigenvalue weighted by molar-refractivity contribution is -0.124. The summed E-state index contributed by atoms with van der Waals surface area (Å²) in [6.45, 7) is 0.425. The summed E-state index contributed by atoms with van der Waals surface area (Å²) >= 11 is 3.47. The normalized spacial score (nSPS) is 16.7. The summed E-state index contributed by atoms with van der Waals surface area (Å²) in [4.78, 5) is 11.8. The number of carbonyl (C=O) groups is 1. The van der Waals surface area contributed by atoms with Gasteiger partial charge in [0.25, 0.3) is 0 Å². The molecule has 1 saturated carbocycles. The monoisotopic (exact) mass is 311 g/mol. The van der Waals surface area contributed by atoms with Crippen LogP contribution >= 0.6 is 15.9 Å². The van der Waals surface area contributed by atoms with Gasteiger partial charge < -0.3 is 10.1 Å². The van der Waals surface area contributed by atoms with Crippen LogP contribution in [0.5, 0.6) is 5.75 Å². The summed E-state index contributed by atoms with van der Waals surface area (Å²) in [5.74, 6) is 0.884. The Hall–Kier alpha value is -1.03. The van der Waals surface area contributed by atoms with Crippen LogP contribution in [0.1, 0.15) is 25.7 Å². The van der Waals surface area contributed by atoms with Gasteiger partial charge in [-0.1, -0.05) is 34.1 Å². The van der Waals surface area contributed by atoms with Gasteiger partial charge in [-0.2, -0.15) is 0 Å². The Balaban J connectivity index is 1.69. The SMILES string of the molecule is O=C(CCOc1ccccc1)NC1(CBr)CCC1. The maximum Gasteiger partial charge on any atom is 0.223 e. The number of ether oxygens (including phenoxy) is 1. The third-order valence-electron chi connectivity index (χ3n) is 3.31. The Bertz CT molecular complexity index is 385. The minimum absolute atomic E-state index is 0.00380. The maximum absolute atomic E-state index is 11.8. The van der Waals surface area contributed by atoms with Crippen LogP contribution in [0.2, 0.25) is 0 Å². The molecule has 0 aromatic heterocycles. The largest absolute Gasteiger partial charge is 0.493 e. The summed E-state index contributed by atoms with van der Waals surface area (Å²) in [6.07, 6.45) is 3.75. The number of benzene rings is 1. The molecule has 4 heteroatoms.